The molecule has 4 heteroatoms. The first-order valence-electron chi connectivity index (χ1n) is 8.89. The fraction of sp³-hybridized carbons (Fsp3) is 0.130. The van der Waals surface area contributed by atoms with Crippen LogP contribution in [-0.2, 0) is 4.79 Å². The van der Waals surface area contributed by atoms with Gasteiger partial charge >= 0.3 is 0 Å². The molecule has 3 aromatic rings. The van der Waals surface area contributed by atoms with E-state index in [9.17, 15) is 9.59 Å². The van der Waals surface area contributed by atoms with Crippen molar-refractivity contribution in [2.45, 2.75) is 12.3 Å². The van der Waals surface area contributed by atoms with Crippen molar-refractivity contribution in [2.24, 2.45) is 0 Å². The number of amides is 2. The molecule has 0 saturated carbocycles. The second kappa shape index (κ2) is 8.81. The number of hydrogen-bond acceptors (Lipinski definition) is 2. The average molecular weight is 358 g/mol. The highest BCUT2D eigenvalue weighted by atomic mass is 16.2. The van der Waals surface area contributed by atoms with Gasteiger partial charge in [0.05, 0.1) is 0 Å². The van der Waals surface area contributed by atoms with Gasteiger partial charge in [0.15, 0.2) is 0 Å². The van der Waals surface area contributed by atoms with E-state index in [0.717, 1.165) is 11.1 Å². The fourth-order valence-electron chi connectivity index (χ4n) is 3.05. The molecule has 0 atom stereocenters. The Morgan fingerprint density at radius 3 is 1.78 bits per heavy atom. The third-order valence-electron chi connectivity index (χ3n) is 4.45. The first-order chi connectivity index (χ1) is 13.2. The maximum atomic E-state index is 12.7. The molecule has 0 fully saturated rings. The van der Waals surface area contributed by atoms with Gasteiger partial charge in [-0.1, -0.05) is 60.7 Å². The van der Waals surface area contributed by atoms with Crippen LogP contribution in [0.5, 0.6) is 0 Å². The summed E-state index contributed by atoms with van der Waals surface area (Å²) in [5.41, 5.74) is 3.44. The van der Waals surface area contributed by atoms with Crippen LogP contribution in [0.4, 0.5) is 5.69 Å². The summed E-state index contributed by atoms with van der Waals surface area (Å²) in [6, 6.07) is 26.9. The van der Waals surface area contributed by atoms with Gasteiger partial charge in [-0.3, -0.25) is 9.59 Å². The smallest absolute Gasteiger partial charge is 0.251 e. The minimum absolute atomic E-state index is 0.0162. The van der Waals surface area contributed by atoms with Gasteiger partial charge in [0.1, 0.15) is 0 Å². The minimum Gasteiger partial charge on any atom is -0.355 e. The molecule has 0 radical (unpaired) electrons. The van der Waals surface area contributed by atoms with E-state index < -0.39 is 0 Å². The van der Waals surface area contributed by atoms with Gasteiger partial charge in [-0.05, 0) is 35.4 Å². The number of hydrogen-bond donors (Lipinski definition) is 2. The lowest BCUT2D eigenvalue weighted by atomic mass is 9.88. The summed E-state index contributed by atoms with van der Waals surface area (Å²) in [5.74, 6) is -0.237. The molecule has 2 amide bonds. The highest BCUT2D eigenvalue weighted by Gasteiger charge is 2.18. The number of nitrogens with one attached hydrogen (secondary N) is 2. The lowest BCUT2D eigenvalue weighted by Crippen LogP contribution is -2.18. The first-order valence-corrected chi connectivity index (χ1v) is 8.89. The van der Waals surface area contributed by atoms with E-state index in [1.807, 2.05) is 60.7 Å². The zero-order chi connectivity index (χ0) is 19.1. The number of rotatable bonds is 6. The zero-order valence-electron chi connectivity index (χ0n) is 15.2. The molecule has 0 aliphatic rings. The van der Waals surface area contributed by atoms with Gasteiger partial charge < -0.3 is 10.6 Å². The molecule has 2 N–H and O–H groups in total. The first kappa shape index (κ1) is 18.4. The number of carbonyl (C=O) groups is 2. The molecule has 0 spiro atoms. The van der Waals surface area contributed by atoms with Crippen molar-refractivity contribution < 1.29 is 9.59 Å². The van der Waals surface area contributed by atoms with Gasteiger partial charge in [0, 0.05) is 30.6 Å². The van der Waals surface area contributed by atoms with Crippen molar-refractivity contribution in [3.8, 4) is 0 Å². The highest BCUT2D eigenvalue weighted by Crippen LogP contribution is 2.28. The normalized spacial score (nSPS) is 10.4. The van der Waals surface area contributed by atoms with Gasteiger partial charge in [-0.2, -0.15) is 0 Å². The van der Waals surface area contributed by atoms with Crippen molar-refractivity contribution >= 4 is 17.5 Å². The van der Waals surface area contributed by atoms with Gasteiger partial charge in [0.2, 0.25) is 5.91 Å². The summed E-state index contributed by atoms with van der Waals surface area (Å²) in [4.78, 5) is 24.3. The molecule has 27 heavy (non-hydrogen) atoms. The lowest BCUT2D eigenvalue weighted by molar-refractivity contribution is -0.116. The van der Waals surface area contributed by atoms with Crippen molar-refractivity contribution in [3.05, 3.63) is 102 Å². The van der Waals surface area contributed by atoms with Crippen molar-refractivity contribution in [3.63, 3.8) is 0 Å². The van der Waals surface area contributed by atoms with E-state index in [1.54, 1.807) is 31.3 Å². The molecular formula is C23H22N2O2. The van der Waals surface area contributed by atoms with Crippen LogP contribution in [-0.4, -0.2) is 18.9 Å². The standard InChI is InChI=1S/C23H22N2O2/c1-24-23(27)19-12-14-20(15-13-19)25-22(26)16-21(17-8-4-2-5-9-17)18-10-6-3-7-11-18/h2-15,21H,16H2,1H3,(H,24,27)(H,25,26). The lowest BCUT2D eigenvalue weighted by Gasteiger charge is -2.18. The van der Waals surface area contributed by atoms with E-state index in [0.29, 0.717) is 17.7 Å². The van der Waals surface area contributed by atoms with E-state index in [-0.39, 0.29) is 17.7 Å². The van der Waals surface area contributed by atoms with Gasteiger partial charge in [-0.25, -0.2) is 0 Å². The van der Waals surface area contributed by atoms with E-state index in [4.69, 9.17) is 0 Å². The van der Waals surface area contributed by atoms with Gasteiger partial charge in [0.25, 0.3) is 5.91 Å². The van der Waals surface area contributed by atoms with Crippen LogP contribution in [0.3, 0.4) is 0 Å². The number of carbonyl (C=O) groups excluding carboxylic acids is 2. The Morgan fingerprint density at radius 2 is 1.30 bits per heavy atom. The Labute approximate surface area is 159 Å². The second-order valence-electron chi connectivity index (χ2n) is 6.28. The average Bonchev–Trinajstić information content (AvgIpc) is 2.73. The zero-order valence-corrected chi connectivity index (χ0v) is 15.2. The van der Waals surface area contributed by atoms with Crippen LogP contribution in [0.25, 0.3) is 0 Å². The summed E-state index contributed by atoms with van der Waals surface area (Å²) in [6.07, 6.45) is 0.339. The Hall–Kier alpha value is -3.40. The summed E-state index contributed by atoms with van der Waals surface area (Å²) in [5, 5.41) is 5.50. The Bertz CT molecular complexity index is 851. The van der Waals surface area contributed by atoms with E-state index >= 15 is 0 Å². The van der Waals surface area contributed by atoms with Crippen LogP contribution in [0.2, 0.25) is 0 Å². The predicted octanol–water partition coefficient (Wildman–Crippen LogP) is 4.21. The topological polar surface area (TPSA) is 58.2 Å². The van der Waals surface area contributed by atoms with Crippen LogP contribution >= 0.6 is 0 Å². The third kappa shape index (κ3) is 4.82. The van der Waals surface area contributed by atoms with Crippen LogP contribution in [0, 0.1) is 0 Å². The molecule has 0 bridgehead atoms. The highest BCUT2D eigenvalue weighted by molar-refractivity contribution is 5.95. The molecule has 0 aliphatic heterocycles. The summed E-state index contributed by atoms with van der Waals surface area (Å²) < 4.78 is 0. The Morgan fingerprint density at radius 1 is 0.778 bits per heavy atom. The summed E-state index contributed by atoms with van der Waals surface area (Å²) >= 11 is 0. The quantitative estimate of drug-likeness (QED) is 0.693. The predicted molar refractivity (Wildman–Crippen MR) is 108 cm³/mol. The van der Waals surface area contributed by atoms with Crippen molar-refractivity contribution in [1.82, 2.24) is 5.32 Å². The Balaban J connectivity index is 1.74. The van der Waals surface area contributed by atoms with Crippen molar-refractivity contribution in [2.75, 3.05) is 12.4 Å². The van der Waals surface area contributed by atoms with E-state index in [1.165, 1.54) is 0 Å². The summed E-state index contributed by atoms with van der Waals surface area (Å²) in [6.45, 7) is 0. The molecule has 0 heterocycles. The third-order valence-corrected chi connectivity index (χ3v) is 4.45. The number of anilines is 1. The van der Waals surface area contributed by atoms with Crippen molar-refractivity contribution in [1.29, 1.82) is 0 Å². The molecule has 3 rings (SSSR count). The molecule has 0 aliphatic carbocycles. The van der Waals surface area contributed by atoms with Crippen LogP contribution in [0.15, 0.2) is 84.9 Å². The largest absolute Gasteiger partial charge is 0.355 e. The van der Waals surface area contributed by atoms with Crippen LogP contribution < -0.4 is 10.6 Å². The summed E-state index contributed by atoms with van der Waals surface area (Å²) in [7, 11) is 1.59. The Kier molecular flexibility index (Phi) is 6.00. The monoisotopic (exact) mass is 358 g/mol. The molecule has 0 aromatic heterocycles. The molecule has 0 saturated heterocycles. The van der Waals surface area contributed by atoms with Gasteiger partial charge in [-0.15, -0.1) is 0 Å². The number of benzene rings is 3. The maximum Gasteiger partial charge on any atom is 0.251 e. The second-order valence-corrected chi connectivity index (χ2v) is 6.28. The molecule has 3 aromatic carbocycles. The maximum absolute atomic E-state index is 12.7. The van der Waals surface area contributed by atoms with E-state index in [2.05, 4.69) is 10.6 Å². The molecule has 4 nitrogen and oxygen atoms in total. The molecular weight excluding hydrogens is 336 g/mol. The molecule has 136 valence electrons. The SMILES string of the molecule is CNC(=O)c1ccc(NC(=O)CC(c2ccccc2)c2ccccc2)cc1. The van der Waals surface area contributed by atoms with Crippen LogP contribution in [0.1, 0.15) is 33.8 Å². The minimum atomic E-state index is -0.152. The fourth-order valence-corrected chi connectivity index (χ4v) is 3.05. The molecule has 0 unspecified atom stereocenters.